The van der Waals surface area contributed by atoms with Crippen molar-refractivity contribution in [1.82, 2.24) is 9.80 Å². The van der Waals surface area contributed by atoms with Gasteiger partial charge in [-0.2, -0.15) is 0 Å². The van der Waals surface area contributed by atoms with Crippen LogP contribution in [0.15, 0.2) is 30.3 Å². The van der Waals surface area contributed by atoms with Gasteiger partial charge in [-0.05, 0) is 26.3 Å². The lowest BCUT2D eigenvalue weighted by atomic mass is 9.99. The quantitative estimate of drug-likeness (QED) is 0.867. The van der Waals surface area contributed by atoms with Crippen LogP contribution >= 0.6 is 12.2 Å². The van der Waals surface area contributed by atoms with E-state index in [0.29, 0.717) is 11.0 Å². The first-order valence-electron chi connectivity index (χ1n) is 7.70. The predicted octanol–water partition coefficient (Wildman–Crippen LogP) is 2.82. The third kappa shape index (κ3) is 4.50. The molecule has 0 radical (unpaired) electrons. The molecule has 1 atom stereocenters. The van der Waals surface area contributed by atoms with Gasteiger partial charge in [0.25, 0.3) is 0 Å². The van der Waals surface area contributed by atoms with Gasteiger partial charge in [0.15, 0.2) is 0 Å². The van der Waals surface area contributed by atoms with Crippen molar-refractivity contribution in [2.24, 2.45) is 5.73 Å². The normalized spacial score (nSPS) is 19.4. The highest BCUT2D eigenvalue weighted by molar-refractivity contribution is 7.80. The third-order valence-corrected chi connectivity index (χ3v) is 4.45. The molecule has 1 aliphatic rings. The number of thiocarbonyl (C=S) groups is 1. The summed E-state index contributed by atoms with van der Waals surface area (Å²) in [5, 5.41) is 0. The molecule has 2 rings (SSSR count). The predicted molar refractivity (Wildman–Crippen MR) is 93.5 cm³/mol. The lowest BCUT2D eigenvalue weighted by molar-refractivity contribution is 0.0430. The maximum Gasteiger partial charge on any atom is 0.0746 e. The van der Waals surface area contributed by atoms with Crippen LogP contribution in [-0.2, 0) is 0 Å². The summed E-state index contributed by atoms with van der Waals surface area (Å²) in [6.45, 7) is 11.2. The Bertz CT molecular complexity index is 459. The molecule has 0 bridgehead atoms. The second-order valence-corrected chi connectivity index (χ2v) is 7.32. The van der Waals surface area contributed by atoms with Crippen molar-refractivity contribution in [1.29, 1.82) is 0 Å². The van der Waals surface area contributed by atoms with Gasteiger partial charge < -0.3 is 5.73 Å². The molecule has 2 N–H and O–H groups in total. The van der Waals surface area contributed by atoms with Crippen molar-refractivity contribution < 1.29 is 0 Å². The van der Waals surface area contributed by atoms with Crippen LogP contribution in [0.1, 0.15) is 38.8 Å². The van der Waals surface area contributed by atoms with E-state index < -0.39 is 0 Å². The molecule has 0 saturated carbocycles. The van der Waals surface area contributed by atoms with Crippen LogP contribution in [-0.4, -0.2) is 46.5 Å². The number of hydrogen-bond acceptors (Lipinski definition) is 3. The standard InChI is InChI=1S/C17H27N3S/c1-17(2,3)20-11-9-19(10-12-20)15(13-16(18)21)14-7-5-4-6-8-14/h4-8,15H,9-13H2,1-3H3,(H2,18,21). The van der Waals surface area contributed by atoms with Crippen molar-refractivity contribution in [3.8, 4) is 0 Å². The maximum atomic E-state index is 5.83. The molecule has 1 unspecified atom stereocenters. The van der Waals surface area contributed by atoms with Gasteiger partial charge in [0, 0.05) is 44.2 Å². The molecular weight excluding hydrogens is 278 g/mol. The number of piperazine rings is 1. The number of benzene rings is 1. The Morgan fingerprint density at radius 3 is 2.19 bits per heavy atom. The first kappa shape index (κ1) is 16.4. The summed E-state index contributed by atoms with van der Waals surface area (Å²) in [5.74, 6) is 0. The minimum Gasteiger partial charge on any atom is -0.393 e. The van der Waals surface area contributed by atoms with Crippen molar-refractivity contribution in [3.05, 3.63) is 35.9 Å². The minimum atomic E-state index is 0.248. The molecule has 4 heteroatoms. The summed E-state index contributed by atoms with van der Waals surface area (Å²) < 4.78 is 0. The maximum absolute atomic E-state index is 5.83. The molecule has 3 nitrogen and oxygen atoms in total. The average molecular weight is 305 g/mol. The van der Waals surface area contributed by atoms with Crippen molar-refractivity contribution in [2.45, 2.75) is 38.8 Å². The Morgan fingerprint density at radius 1 is 1.14 bits per heavy atom. The Labute approximate surface area is 134 Å². The molecule has 1 saturated heterocycles. The van der Waals surface area contributed by atoms with Crippen molar-refractivity contribution >= 4 is 17.2 Å². The minimum absolute atomic E-state index is 0.248. The fourth-order valence-corrected chi connectivity index (χ4v) is 3.19. The highest BCUT2D eigenvalue weighted by Crippen LogP contribution is 2.27. The van der Waals surface area contributed by atoms with Gasteiger partial charge in [-0.1, -0.05) is 42.5 Å². The van der Waals surface area contributed by atoms with Gasteiger partial charge in [0.05, 0.1) is 4.99 Å². The van der Waals surface area contributed by atoms with Gasteiger partial charge in [-0.25, -0.2) is 0 Å². The van der Waals surface area contributed by atoms with Crippen molar-refractivity contribution in [3.63, 3.8) is 0 Å². The SMILES string of the molecule is CC(C)(C)N1CCN(C(CC(N)=S)c2ccccc2)CC1. The topological polar surface area (TPSA) is 32.5 Å². The van der Waals surface area contributed by atoms with Crippen molar-refractivity contribution in [2.75, 3.05) is 26.2 Å². The zero-order valence-corrected chi connectivity index (χ0v) is 14.2. The first-order valence-corrected chi connectivity index (χ1v) is 8.11. The van der Waals surface area contributed by atoms with E-state index in [1.165, 1.54) is 5.56 Å². The molecule has 1 fully saturated rings. The largest absolute Gasteiger partial charge is 0.393 e. The molecule has 1 heterocycles. The highest BCUT2D eigenvalue weighted by atomic mass is 32.1. The third-order valence-electron chi connectivity index (χ3n) is 4.28. The van der Waals surface area contributed by atoms with Crippen LogP contribution in [0.3, 0.4) is 0 Å². The van der Waals surface area contributed by atoms with Crippen LogP contribution < -0.4 is 5.73 Å². The summed E-state index contributed by atoms with van der Waals surface area (Å²) in [5.41, 5.74) is 7.39. The Kier molecular flexibility index (Phi) is 5.36. The molecule has 1 aliphatic heterocycles. The lowest BCUT2D eigenvalue weighted by Crippen LogP contribution is -2.54. The lowest BCUT2D eigenvalue weighted by Gasteiger charge is -2.44. The molecule has 116 valence electrons. The zero-order chi connectivity index (χ0) is 15.5. The summed E-state index contributed by atoms with van der Waals surface area (Å²) in [7, 11) is 0. The summed E-state index contributed by atoms with van der Waals surface area (Å²) in [4.78, 5) is 5.67. The first-order chi connectivity index (χ1) is 9.88. The van der Waals surface area contributed by atoms with E-state index in [1.807, 2.05) is 0 Å². The van der Waals surface area contributed by atoms with E-state index in [0.717, 1.165) is 32.6 Å². The van der Waals surface area contributed by atoms with E-state index in [4.69, 9.17) is 18.0 Å². The van der Waals surface area contributed by atoms with E-state index in [2.05, 4.69) is 60.9 Å². The Hall–Kier alpha value is -0.970. The van der Waals surface area contributed by atoms with Gasteiger partial charge >= 0.3 is 0 Å². The fourth-order valence-electron chi connectivity index (χ4n) is 3.03. The molecule has 0 spiro atoms. The van der Waals surface area contributed by atoms with E-state index in [9.17, 15) is 0 Å². The van der Waals surface area contributed by atoms with Crippen LogP contribution in [0, 0.1) is 0 Å². The summed E-state index contributed by atoms with van der Waals surface area (Å²) >= 11 is 5.16. The van der Waals surface area contributed by atoms with Crippen LogP contribution in [0.5, 0.6) is 0 Å². The molecule has 0 aromatic heterocycles. The summed E-state index contributed by atoms with van der Waals surface area (Å²) in [6.07, 6.45) is 0.759. The zero-order valence-electron chi connectivity index (χ0n) is 13.4. The van der Waals surface area contributed by atoms with Gasteiger partial charge in [-0.3, -0.25) is 9.80 Å². The van der Waals surface area contributed by atoms with Gasteiger partial charge in [0.1, 0.15) is 0 Å². The van der Waals surface area contributed by atoms with Crippen LogP contribution in [0.4, 0.5) is 0 Å². The van der Waals surface area contributed by atoms with Crippen LogP contribution in [0.2, 0.25) is 0 Å². The van der Waals surface area contributed by atoms with Gasteiger partial charge in [0.2, 0.25) is 0 Å². The Morgan fingerprint density at radius 2 is 1.71 bits per heavy atom. The molecule has 21 heavy (non-hydrogen) atoms. The monoisotopic (exact) mass is 305 g/mol. The van der Waals surface area contributed by atoms with E-state index in [1.54, 1.807) is 0 Å². The number of nitrogens with zero attached hydrogens (tertiary/aromatic N) is 2. The average Bonchev–Trinajstić information content (AvgIpc) is 2.45. The van der Waals surface area contributed by atoms with E-state index >= 15 is 0 Å². The summed E-state index contributed by atoms with van der Waals surface area (Å²) in [6, 6.07) is 10.9. The molecule has 1 aromatic carbocycles. The molecule has 1 aromatic rings. The number of hydrogen-bond donors (Lipinski definition) is 1. The molecule has 0 aliphatic carbocycles. The highest BCUT2D eigenvalue weighted by Gasteiger charge is 2.29. The molecule has 0 amide bonds. The molecular formula is C17H27N3S. The number of rotatable bonds is 4. The smallest absolute Gasteiger partial charge is 0.0746 e. The van der Waals surface area contributed by atoms with E-state index in [-0.39, 0.29) is 5.54 Å². The van der Waals surface area contributed by atoms with Gasteiger partial charge in [-0.15, -0.1) is 0 Å². The van der Waals surface area contributed by atoms with Crippen LogP contribution in [0.25, 0.3) is 0 Å². The second-order valence-electron chi connectivity index (χ2n) is 6.79. The fraction of sp³-hybridized carbons (Fsp3) is 0.588. The number of nitrogens with two attached hydrogens (primary N) is 1. The second kappa shape index (κ2) is 6.86. The Balaban J connectivity index is 2.08.